The lowest BCUT2D eigenvalue weighted by atomic mass is 9.77. The molecule has 0 amide bonds. The molecule has 1 unspecified atom stereocenters. The third kappa shape index (κ3) is 1.71. The van der Waals surface area contributed by atoms with Crippen LogP contribution in [-0.2, 0) is 6.42 Å². The van der Waals surface area contributed by atoms with Crippen molar-refractivity contribution in [3.63, 3.8) is 0 Å². The zero-order valence-electron chi connectivity index (χ0n) is 8.61. The van der Waals surface area contributed by atoms with E-state index in [-0.39, 0.29) is 0 Å². The summed E-state index contributed by atoms with van der Waals surface area (Å²) in [5.74, 6) is 1.73. The molecular weight excluding hydrogens is 194 g/mol. The molecule has 1 aromatic rings. The molecule has 0 aliphatic carbocycles. The second kappa shape index (κ2) is 3.48. The van der Waals surface area contributed by atoms with Crippen LogP contribution >= 0.6 is 0 Å². The van der Waals surface area contributed by atoms with Crippen molar-refractivity contribution in [2.24, 2.45) is 11.8 Å². The fourth-order valence-corrected chi connectivity index (χ4v) is 2.92. The van der Waals surface area contributed by atoms with Gasteiger partial charge in [-0.15, -0.1) is 0 Å². The fourth-order valence-electron chi connectivity index (χ4n) is 2.92. The highest BCUT2D eigenvalue weighted by molar-refractivity contribution is 4.92. The van der Waals surface area contributed by atoms with Gasteiger partial charge in [-0.05, 0) is 37.8 Å². The van der Waals surface area contributed by atoms with E-state index in [0.717, 1.165) is 18.9 Å². The van der Waals surface area contributed by atoms with E-state index in [9.17, 15) is 4.79 Å². The molecule has 3 fully saturated rings. The van der Waals surface area contributed by atoms with Crippen molar-refractivity contribution in [3.8, 4) is 0 Å². The van der Waals surface area contributed by atoms with Crippen LogP contribution in [0.2, 0.25) is 0 Å². The largest absolute Gasteiger partial charge is 0.438 e. The number of aromatic nitrogens is 2. The summed E-state index contributed by atoms with van der Waals surface area (Å²) in [5.41, 5.74) is 0. The van der Waals surface area contributed by atoms with E-state index in [4.69, 9.17) is 0 Å². The maximum Gasteiger partial charge on any atom is 0.438 e. The topological polar surface area (TPSA) is 62.1 Å². The highest BCUT2D eigenvalue weighted by atomic mass is 16.5. The summed E-state index contributed by atoms with van der Waals surface area (Å²) >= 11 is 0. The van der Waals surface area contributed by atoms with Gasteiger partial charge in [0.2, 0.25) is 0 Å². The molecule has 4 rings (SSSR count). The molecule has 1 N–H and O–H groups in total. The molecule has 2 bridgehead atoms. The summed E-state index contributed by atoms with van der Waals surface area (Å²) in [6, 6.07) is 0. The summed E-state index contributed by atoms with van der Waals surface area (Å²) in [6.07, 6.45) is 3.45. The van der Waals surface area contributed by atoms with Gasteiger partial charge in [0.05, 0.1) is 0 Å². The lowest BCUT2D eigenvalue weighted by Crippen LogP contribution is -2.48. The van der Waals surface area contributed by atoms with Gasteiger partial charge in [-0.1, -0.05) is 5.16 Å². The Morgan fingerprint density at radius 1 is 1.47 bits per heavy atom. The molecule has 0 aromatic carbocycles. The molecule has 5 heteroatoms. The van der Waals surface area contributed by atoms with Gasteiger partial charge in [0.25, 0.3) is 0 Å². The third-order valence-corrected chi connectivity index (χ3v) is 3.73. The average molecular weight is 209 g/mol. The van der Waals surface area contributed by atoms with Gasteiger partial charge in [0.1, 0.15) is 0 Å². The maximum atomic E-state index is 10.8. The Kier molecular flexibility index (Phi) is 2.12. The van der Waals surface area contributed by atoms with E-state index < -0.39 is 5.76 Å². The van der Waals surface area contributed by atoms with Gasteiger partial charge in [-0.2, -0.15) is 0 Å². The number of nitrogens with one attached hydrogen (secondary N) is 1. The number of aromatic amines is 1. The first kappa shape index (κ1) is 9.15. The quantitative estimate of drug-likeness (QED) is 0.758. The van der Waals surface area contributed by atoms with E-state index >= 15 is 0 Å². The number of rotatable bonds is 2. The standard InChI is InChI=1S/C10H15N3O2/c14-10-11-9(12-15-10)5-8-6-13-3-1-7(8)2-4-13/h7-8H,1-6H2,(H,11,12,14). The van der Waals surface area contributed by atoms with Crippen LogP contribution in [0.15, 0.2) is 9.32 Å². The zero-order valence-corrected chi connectivity index (χ0v) is 8.61. The summed E-state index contributed by atoms with van der Waals surface area (Å²) < 4.78 is 4.51. The minimum absolute atomic E-state index is 0.439. The fraction of sp³-hybridized carbons (Fsp3) is 0.800. The predicted octanol–water partition coefficient (Wildman–Crippen LogP) is 0.247. The smallest absolute Gasteiger partial charge is 0.303 e. The van der Waals surface area contributed by atoms with Gasteiger partial charge in [-0.3, -0.25) is 9.51 Å². The van der Waals surface area contributed by atoms with Crippen molar-refractivity contribution in [1.82, 2.24) is 15.0 Å². The number of H-pyrrole nitrogens is 1. The highest BCUT2D eigenvalue weighted by Crippen LogP contribution is 2.33. The van der Waals surface area contributed by atoms with E-state index in [1.165, 1.54) is 25.9 Å². The van der Waals surface area contributed by atoms with Crippen LogP contribution in [0.5, 0.6) is 0 Å². The Morgan fingerprint density at radius 3 is 2.80 bits per heavy atom. The summed E-state index contributed by atoms with van der Waals surface area (Å²) in [6.45, 7) is 3.65. The number of hydrogen-bond donors (Lipinski definition) is 1. The predicted molar refractivity (Wildman–Crippen MR) is 53.5 cm³/mol. The molecule has 82 valence electrons. The van der Waals surface area contributed by atoms with Gasteiger partial charge < -0.3 is 4.90 Å². The normalized spacial score (nSPS) is 34.5. The summed E-state index contributed by atoms with van der Waals surface area (Å²) in [5, 5.41) is 3.73. The van der Waals surface area contributed by atoms with Crippen molar-refractivity contribution in [2.45, 2.75) is 19.3 Å². The molecule has 3 aliphatic heterocycles. The van der Waals surface area contributed by atoms with Gasteiger partial charge in [0.15, 0.2) is 5.82 Å². The van der Waals surface area contributed by atoms with Crippen LogP contribution in [0, 0.1) is 11.8 Å². The Labute approximate surface area is 87.4 Å². The van der Waals surface area contributed by atoms with Crippen molar-refractivity contribution in [2.75, 3.05) is 19.6 Å². The molecule has 3 saturated heterocycles. The monoisotopic (exact) mass is 209 g/mol. The second-order valence-electron chi connectivity index (χ2n) is 4.64. The molecular formula is C10H15N3O2. The number of piperidine rings is 3. The van der Waals surface area contributed by atoms with Gasteiger partial charge in [-0.25, -0.2) is 4.79 Å². The van der Waals surface area contributed by atoms with Crippen molar-refractivity contribution in [1.29, 1.82) is 0 Å². The molecule has 0 saturated carbocycles. The molecule has 15 heavy (non-hydrogen) atoms. The van der Waals surface area contributed by atoms with E-state index in [2.05, 4.69) is 19.6 Å². The lowest BCUT2D eigenvalue weighted by molar-refractivity contribution is 0.0500. The van der Waals surface area contributed by atoms with Gasteiger partial charge in [0, 0.05) is 13.0 Å². The van der Waals surface area contributed by atoms with Crippen LogP contribution in [-0.4, -0.2) is 34.7 Å². The summed E-state index contributed by atoms with van der Waals surface area (Å²) in [7, 11) is 0. The van der Waals surface area contributed by atoms with Crippen molar-refractivity contribution in [3.05, 3.63) is 16.4 Å². The lowest BCUT2D eigenvalue weighted by Gasteiger charge is -2.44. The van der Waals surface area contributed by atoms with Crippen LogP contribution in [0.1, 0.15) is 18.7 Å². The SMILES string of the molecule is O=c1[nH]c(CC2CN3CCC2CC3)no1. The Bertz CT molecular complexity index is 389. The van der Waals surface area contributed by atoms with Crippen LogP contribution in [0.4, 0.5) is 0 Å². The molecule has 0 spiro atoms. The second-order valence-corrected chi connectivity index (χ2v) is 4.64. The Hall–Kier alpha value is -1.10. The molecule has 5 nitrogen and oxygen atoms in total. The first-order valence-corrected chi connectivity index (χ1v) is 5.58. The molecule has 1 aromatic heterocycles. The van der Waals surface area contributed by atoms with Crippen LogP contribution in [0.3, 0.4) is 0 Å². The third-order valence-electron chi connectivity index (χ3n) is 3.73. The number of hydrogen-bond acceptors (Lipinski definition) is 4. The number of nitrogens with zero attached hydrogens (tertiary/aromatic N) is 2. The first-order valence-electron chi connectivity index (χ1n) is 5.58. The van der Waals surface area contributed by atoms with Crippen molar-refractivity contribution >= 4 is 0 Å². The Balaban J connectivity index is 1.71. The molecule has 1 atom stereocenters. The minimum atomic E-state index is -0.439. The van der Waals surface area contributed by atoms with Crippen molar-refractivity contribution < 1.29 is 4.52 Å². The average Bonchev–Trinajstić information content (AvgIpc) is 2.66. The molecule has 4 heterocycles. The van der Waals surface area contributed by atoms with E-state index in [0.29, 0.717) is 11.7 Å². The zero-order chi connectivity index (χ0) is 10.3. The number of fused-ring (bicyclic) bond motifs is 3. The Morgan fingerprint density at radius 2 is 2.27 bits per heavy atom. The van der Waals surface area contributed by atoms with E-state index in [1.807, 2.05) is 0 Å². The molecule has 0 radical (unpaired) electrons. The highest BCUT2D eigenvalue weighted by Gasteiger charge is 2.34. The maximum absolute atomic E-state index is 10.8. The van der Waals surface area contributed by atoms with E-state index in [1.54, 1.807) is 0 Å². The van der Waals surface area contributed by atoms with Crippen LogP contribution in [0.25, 0.3) is 0 Å². The van der Waals surface area contributed by atoms with Crippen LogP contribution < -0.4 is 5.76 Å². The molecule has 3 aliphatic rings. The first-order chi connectivity index (χ1) is 7.31. The summed E-state index contributed by atoms with van der Waals surface area (Å²) in [4.78, 5) is 15.9. The van der Waals surface area contributed by atoms with Gasteiger partial charge >= 0.3 is 5.76 Å². The minimum Gasteiger partial charge on any atom is -0.303 e.